The molecular weight excluding hydrogens is 317 g/mol. The van der Waals surface area contributed by atoms with Crippen LogP contribution in [0.1, 0.15) is 12.0 Å². The summed E-state index contributed by atoms with van der Waals surface area (Å²) in [7, 11) is 1.32. The van der Waals surface area contributed by atoms with Gasteiger partial charge in [0, 0.05) is 18.6 Å². The van der Waals surface area contributed by atoms with Gasteiger partial charge in [-0.2, -0.15) is 13.2 Å². The van der Waals surface area contributed by atoms with E-state index in [4.69, 9.17) is 0 Å². The van der Waals surface area contributed by atoms with E-state index in [0.29, 0.717) is 0 Å². The zero-order valence-electron chi connectivity index (χ0n) is 11.5. The predicted molar refractivity (Wildman–Crippen MR) is 76.5 cm³/mol. The number of aliphatic hydroxyl groups is 1. The number of carbonyl (C=O) groups excluding carboxylic acids is 1. The molecule has 118 valence electrons. The van der Waals surface area contributed by atoms with Crippen molar-refractivity contribution in [1.29, 1.82) is 0 Å². The highest BCUT2D eigenvalue weighted by Crippen LogP contribution is 2.42. The first kappa shape index (κ1) is 16.4. The topological polar surface area (TPSA) is 53.4 Å². The van der Waals surface area contributed by atoms with Crippen molar-refractivity contribution < 1.29 is 23.1 Å². The third kappa shape index (κ3) is 3.12. The van der Waals surface area contributed by atoms with Crippen LogP contribution >= 0.6 is 11.3 Å². The highest BCUT2D eigenvalue weighted by atomic mass is 32.1. The van der Waals surface area contributed by atoms with Gasteiger partial charge in [-0.25, -0.2) is 4.98 Å². The van der Waals surface area contributed by atoms with Crippen LogP contribution in [-0.4, -0.2) is 29.2 Å². The van der Waals surface area contributed by atoms with Crippen LogP contribution in [0, 0.1) is 0 Å². The fourth-order valence-corrected chi connectivity index (χ4v) is 2.53. The van der Waals surface area contributed by atoms with E-state index in [-0.39, 0.29) is 10.7 Å². The molecule has 0 aliphatic carbocycles. The van der Waals surface area contributed by atoms with E-state index in [1.165, 1.54) is 31.4 Å². The number of hydrogen-bond acceptors (Lipinski definition) is 4. The van der Waals surface area contributed by atoms with Crippen LogP contribution in [0.3, 0.4) is 0 Å². The lowest BCUT2D eigenvalue weighted by molar-refractivity contribution is -0.267. The van der Waals surface area contributed by atoms with Crippen molar-refractivity contribution in [2.24, 2.45) is 0 Å². The van der Waals surface area contributed by atoms with Crippen molar-refractivity contribution in [3.05, 3.63) is 47.5 Å². The Morgan fingerprint density at radius 2 is 1.95 bits per heavy atom. The molecule has 4 nitrogen and oxygen atoms in total. The zero-order valence-corrected chi connectivity index (χ0v) is 12.4. The Hall–Kier alpha value is -1.93. The summed E-state index contributed by atoms with van der Waals surface area (Å²) >= 11 is 1.12. The number of halogens is 3. The summed E-state index contributed by atoms with van der Waals surface area (Å²) in [6.45, 7) is 0. The van der Waals surface area contributed by atoms with Crippen LogP contribution in [0.4, 0.5) is 18.3 Å². The molecule has 1 aromatic heterocycles. The fraction of sp³-hybridized carbons (Fsp3) is 0.286. The molecule has 0 aliphatic rings. The molecule has 22 heavy (non-hydrogen) atoms. The van der Waals surface area contributed by atoms with Gasteiger partial charge in [-0.1, -0.05) is 30.3 Å². The van der Waals surface area contributed by atoms with E-state index in [0.717, 1.165) is 28.4 Å². The van der Waals surface area contributed by atoms with Crippen LogP contribution in [0.25, 0.3) is 0 Å². The summed E-state index contributed by atoms with van der Waals surface area (Å²) < 4.78 is 40.0. The van der Waals surface area contributed by atoms with Gasteiger partial charge < -0.3 is 5.11 Å². The summed E-state index contributed by atoms with van der Waals surface area (Å²) in [6, 6.07) is 6.57. The van der Waals surface area contributed by atoms with Crippen molar-refractivity contribution in [3.8, 4) is 0 Å². The Kier molecular flexibility index (Phi) is 4.52. The maximum absolute atomic E-state index is 13.3. The van der Waals surface area contributed by atoms with E-state index in [2.05, 4.69) is 4.98 Å². The van der Waals surface area contributed by atoms with Crippen molar-refractivity contribution in [1.82, 2.24) is 4.98 Å². The zero-order chi connectivity index (χ0) is 16.4. The number of alkyl halides is 3. The minimum absolute atomic E-state index is 0.266. The van der Waals surface area contributed by atoms with Gasteiger partial charge in [0.15, 0.2) is 10.7 Å². The lowest BCUT2D eigenvalue weighted by Crippen LogP contribution is -2.46. The molecule has 0 saturated carbocycles. The van der Waals surface area contributed by atoms with Gasteiger partial charge in [0.2, 0.25) is 5.91 Å². The predicted octanol–water partition coefficient (Wildman–Crippen LogP) is 2.95. The molecule has 0 saturated heterocycles. The molecular formula is C14H13F3N2O2S. The molecule has 0 spiro atoms. The lowest BCUT2D eigenvalue weighted by atomic mass is 9.89. The van der Waals surface area contributed by atoms with Crippen molar-refractivity contribution >= 4 is 22.4 Å². The second-order valence-electron chi connectivity index (χ2n) is 4.67. The normalized spacial score (nSPS) is 14.4. The molecule has 2 rings (SSSR count). The molecule has 1 amide bonds. The Bertz CT molecular complexity index is 631. The van der Waals surface area contributed by atoms with E-state index in [1.807, 2.05) is 0 Å². The number of anilines is 1. The van der Waals surface area contributed by atoms with Crippen LogP contribution in [0.5, 0.6) is 0 Å². The summed E-state index contributed by atoms with van der Waals surface area (Å²) in [4.78, 5) is 17.0. The van der Waals surface area contributed by atoms with Gasteiger partial charge in [0.1, 0.15) is 0 Å². The summed E-state index contributed by atoms with van der Waals surface area (Å²) in [6.07, 6.45) is -4.65. The van der Waals surface area contributed by atoms with Gasteiger partial charge in [-0.3, -0.25) is 9.69 Å². The summed E-state index contributed by atoms with van der Waals surface area (Å²) in [5.41, 5.74) is -3.61. The second kappa shape index (κ2) is 6.05. The van der Waals surface area contributed by atoms with Gasteiger partial charge in [-0.05, 0) is 5.56 Å². The van der Waals surface area contributed by atoms with Gasteiger partial charge in [0.25, 0.3) is 0 Å². The Balaban J connectivity index is 2.30. The second-order valence-corrected chi connectivity index (χ2v) is 5.54. The smallest absolute Gasteiger partial charge is 0.376 e. The fourth-order valence-electron chi connectivity index (χ4n) is 1.91. The van der Waals surface area contributed by atoms with Gasteiger partial charge in [-0.15, -0.1) is 11.3 Å². The van der Waals surface area contributed by atoms with E-state index >= 15 is 0 Å². The molecule has 2 aromatic rings. The molecule has 0 bridgehead atoms. The quantitative estimate of drug-likeness (QED) is 0.938. The Labute approximate surface area is 128 Å². The minimum atomic E-state index is -4.98. The number of amides is 1. The van der Waals surface area contributed by atoms with Crippen LogP contribution < -0.4 is 4.90 Å². The minimum Gasteiger partial charge on any atom is -0.376 e. The number of nitrogens with zero attached hydrogens (tertiary/aromatic N) is 2. The largest absolute Gasteiger partial charge is 0.421 e. The SMILES string of the molecule is CN(C(=O)C[C@](O)(c1ccccc1)C(F)(F)F)c1nccs1. The van der Waals surface area contributed by atoms with Crippen LogP contribution in [-0.2, 0) is 10.4 Å². The van der Waals surface area contributed by atoms with Crippen LogP contribution in [0.15, 0.2) is 41.9 Å². The first-order chi connectivity index (χ1) is 10.3. The van der Waals surface area contributed by atoms with Crippen molar-refractivity contribution in [3.63, 3.8) is 0 Å². The third-order valence-electron chi connectivity index (χ3n) is 3.21. The molecule has 0 radical (unpaired) electrons. The van der Waals surface area contributed by atoms with Gasteiger partial charge in [0.05, 0.1) is 6.42 Å². The summed E-state index contributed by atoms with van der Waals surface area (Å²) in [5.74, 6) is -0.876. The van der Waals surface area contributed by atoms with E-state index in [1.54, 1.807) is 5.38 Å². The average Bonchev–Trinajstić information content (AvgIpc) is 3.00. The standard InChI is InChI=1S/C14H13F3N2O2S/c1-19(12-18-7-8-22-12)11(20)9-13(21,14(15,16)17)10-5-3-2-4-6-10/h2-8,21H,9H2,1H3/t13-/m0/s1. The first-order valence-electron chi connectivity index (χ1n) is 6.26. The lowest BCUT2D eigenvalue weighted by Gasteiger charge is -2.31. The Morgan fingerprint density at radius 1 is 1.32 bits per heavy atom. The number of rotatable bonds is 4. The molecule has 1 heterocycles. The van der Waals surface area contributed by atoms with Crippen molar-refractivity contribution in [2.45, 2.75) is 18.2 Å². The van der Waals surface area contributed by atoms with Crippen LogP contribution in [0.2, 0.25) is 0 Å². The molecule has 1 atom stereocenters. The molecule has 0 fully saturated rings. The third-order valence-corrected chi connectivity index (χ3v) is 4.06. The van der Waals surface area contributed by atoms with E-state index < -0.39 is 24.1 Å². The molecule has 0 unspecified atom stereocenters. The van der Waals surface area contributed by atoms with Gasteiger partial charge >= 0.3 is 6.18 Å². The number of hydrogen-bond donors (Lipinski definition) is 1. The summed E-state index contributed by atoms with van der Waals surface area (Å²) in [5, 5.41) is 12.0. The van der Waals surface area contributed by atoms with E-state index in [9.17, 15) is 23.1 Å². The monoisotopic (exact) mass is 330 g/mol. The van der Waals surface area contributed by atoms with Crippen molar-refractivity contribution in [2.75, 3.05) is 11.9 Å². The number of aromatic nitrogens is 1. The highest BCUT2D eigenvalue weighted by molar-refractivity contribution is 7.13. The molecule has 1 aromatic carbocycles. The molecule has 0 aliphatic heterocycles. The molecule has 1 N–H and O–H groups in total. The number of thiazole rings is 1. The number of carbonyl (C=O) groups is 1. The number of benzene rings is 1. The average molecular weight is 330 g/mol. The maximum Gasteiger partial charge on any atom is 0.421 e. The first-order valence-corrected chi connectivity index (χ1v) is 7.14. The maximum atomic E-state index is 13.3. The highest BCUT2D eigenvalue weighted by Gasteiger charge is 2.56. The molecule has 8 heteroatoms. The Morgan fingerprint density at radius 3 is 2.45 bits per heavy atom.